The Morgan fingerprint density at radius 3 is 2.75 bits per heavy atom. The summed E-state index contributed by atoms with van der Waals surface area (Å²) in [6.45, 7) is 0.810. The summed E-state index contributed by atoms with van der Waals surface area (Å²) >= 11 is 10.4. The third kappa shape index (κ3) is 4.43. The van der Waals surface area contributed by atoms with Crippen molar-refractivity contribution in [3.63, 3.8) is 0 Å². The van der Waals surface area contributed by atoms with E-state index in [-0.39, 0.29) is 6.79 Å². The van der Waals surface area contributed by atoms with Gasteiger partial charge in [0.2, 0.25) is 6.79 Å². The minimum atomic E-state index is 0.261. The standard InChI is InChI=1S/C15H15N5O2S2/c23-14(19-20-15(24)18-11-2-1-5-16-8-11)17-7-10-3-4-12-13(6-10)22-9-21-12/h1-6,8H,7,9H2,(H2,17,19,23)(H2,18,20,24). The third-order valence-corrected chi connectivity index (χ3v) is 3.55. The molecule has 0 bridgehead atoms. The normalized spacial score (nSPS) is 11.5. The number of hydrogen-bond donors (Lipinski definition) is 4. The van der Waals surface area contributed by atoms with E-state index in [0.717, 1.165) is 22.7 Å². The molecule has 2 aromatic rings. The summed E-state index contributed by atoms with van der Waals surface area (Å²) in [6.07, 6.45) is 3.36. The molecule has 0 amide bonds. The molecule has 0 fully saturated rings. The van der Waals surface area contributed by atoms with E-state index >= 15 is 0 Å². The van der Waals surface area contributed by atoms with Gasteiger partial charge in [-0.25, -0.2) is 0 Å². The summed E-state index contributed by atoms with van der Waals surface area (Å²) in [5.74, 6) is 1.50. The number of hydrazine groups is 1. The average molecular weight is 361 g/mol. The first-order valence-corrected chi connectivity index (χ1v) is 7.92. The molecule has 3 rings (SSSR count). The predicted octanol–water partition coefficient (Wildman–Crippen LogP) is 1.68. The van der Waals surface area contributed by atoms with Crippen LogP contribution in [0.15, 0.2) is 42.7 Å². The Morgan fingerprint density at radius 2 is 1.92 bits per heavy atom. The molecular formula is C15H15N5O2S2. The van der Waals surface area contributed by atoms with Gasteiger partial charge in [-0.15, -0.1) is 0 Å². The molecule has 124 valence electrons. The number of hydrogen-bond acceptors (Lipinski definition) is 5. The SMILES string of the molecule is S=C(NCc1ccc2c(c1)OCO2)NNC(=S)Nc1cccnc1. The van der Waals surface area contributed by atoms with Gasteiger partial charge in [0.05, 0.1) is 11.9 Å². The molecule has 2 heterocycles. The summed E-state index contributed by atoms with van der Waals surface area (Å²) in [5.41, 5.74) is 7.43. The number of rotatable bonds is 3. The van der Waals surface area contributed by atoms with E-state index in [4.69, 9.17) is 33.9 Å². The Kier molecular flexibility index (Phi) is 5.24. The quantitative estimate of drug-likeness (QED) is 0.482. The molecule has 0 aliphatic carbocycles. The topological polar surface area (TPSA) is 79.5 Å². The molecule has 9 heteroatoms. The molecule has 4 N–H and O–H groups in total. The van der Waals surface area contributed by atoms with Gasteiger partial charge >= 0.3 is 0 Å². The van der Waals surface area contributed by atoms with Crippen LogP contribution >= 0.6 is 24.4 Å². The number of nitrogens with one attached hydrogen (secondary N) is 4. The van der Waals surface area contributed by atoms with Gasteiger partial charge in [0.1, 0.15) is 0 Å². The molecule has 1 aromatic carbocycles. The van der Waals surface area contributed by atoms with Crippen molar-refractivity contribution in [1.82, 2.24) is 21.2 Å². The van der Waals surface area contributed by atoms with Crippen LogP contribution in [0, 0.1) is 0 Å². The first-order chi connectivity index (χ1) is 11.7. The number of pyridine rings is 1. The van der Waals surface area contributed by atoms with Crippen LogP contribution in [0.5, 0.6) is 11.5 Å². The fraction of sp³-hybridized carbons (Fsp3) is 0.133. The van der Waals surface area contributed by atoms with Crippen molar-refractivity contribution >= 4 is 40.3 Å². The number of aromatic nitrogens is 1. The van der Waals surface area contributed by atoms with Gasteiger partial charge in [0, 0.05) is 12.7 Å². The van der Waals surface area contributed by atoms with Crippen molar-refractivity contribution in [2.75, 3.05) is 12.1 Å². The van der Waals surface area contributed by atoms with Crippen molar-refractivity contribution in [2.45, 2.75) is 6.54 Å². The number of benzene rings is 1. The maximum absolute atomic E-state index is 5.34. The third-order valence-electron chi connectivity index (χ3n) is 3.10. The van der Waals surface area contributed by atoms with Crippen LogP contribution in [0.3, 0.4) is 0 Å². The Morgan fingerprint density at radius 1 is 1.08 bits per heavy atom. The van der Waals surface area contributed by atoms with Crippen LogP contribution in [0.4, 0.5) is 5.69 Å². The molecule has 0 unspecified atom stereocenters. The van der Waals surface area contributed by atoms with Crippen molar-refractivity contribution in [2.24, 2.45) is 0 Å². The molecule has 7 nitrogen and oxygen atoms in total. The van der Waals surface area contributed by atoms with Crippen molar-refractivity contribution in [1.29, 1.82) is 0 Å². The second kappa shape index (κ2) is 7.75. The summed E-state index contributed by atoms with van der Waals surface area (Å²) in [4.78, 5) is 3.99. The number of nitrogens with zero attached hydrogens (tertiary/aromatic N) is 1. The molecule has 24 heavy (non-hydrogen) atoms. The molecule has 0 saturated carbocycles. The lowest BCUT2D eigenvalue weighted by molar-refractivity contribution is 0.174. The van der Waals surface area contributed by atoms with E-state index in [1.165, 1.54) is 0 Å². The van der Waals surface area contributed by atoms with Gasteiger partial charge in [-0.05, 0) is 54.3 Å². The van der Waals surface area contributed by atoms with E-state index in [2.05, 4.69) is 26.5 Å². The Balaban J connectivity index is 1.40. The fourth-order valence-electron chi connectivity index (χ4n) is 1.99. The lowest BCUT2D eigenvalue weighted by Crippen LogP contribution is -2.47. The molecule has 0 spiro atoms. The van der Waals surface area contributed by atoms with Crippen molar-refractivity contribution in [3.8, 4) is 11.5 Å². The van der Waals surface area contributed by atoms with Crippen molar-refractivity contribution in [3.05, 3.63) is 48.3 Å². The lowest BCUT2D eigenvalue weighted by Gasteiger charge is -2.14. The van der Waals surface area contributed by atoms with Gasteiger partial charge in [-0.1, -0.05) is 6.07 Å². The van der Waals surface area contributed by atoms with E-state index in [0.29, 0.717) is 16.8 Å². The van der Waals surface area contributed by atoms with E-state index in [9.17, 15) is 0 Å². The minimum absolute atomic E-state index is 0.261. The van der Waals surface area contributed by atoms with Crippen LogP contribution in [0.2, 0.25) is 0 Å². The van der Waals surface area contributed by atoms with Crippen LogP contribution in [-0.2, 0) is 6.54 Å². The smallest absolute Gasteiger partial charge is 0.231 e. The first kappa shape index (κ1) is 16.2. The molecule has 1 aromatic heterocycles. The summed E-state index contributed by atoms with van der Waals surface area (Å²) < 4.78 is 10.6. The zero-order valence-electron chi connectivity index (χ0n) is 12.5. The molecule has 0 radical (unpaired) electrons. The number of anilines is 1. The second-order valence-corrected chi connectivity index (χ2v) is 5.63. The van der Waals surface area contributed by atoms with Crippen LogP contribution in [0.25, 0.3) is 0 Å². The second-order valence-electron chi connectivity index (χ2n) is 4.82. The van der Waals surface area contributed by atoms with Gasteiger partial charge in [-0.3, -0.25) is 15.8 Å². The van der Waals surface area contributed by atoms with Gasteiger partial charge in [-0.2, -0.15) is 0 Å². The molecule has 1 aliphatic rings. The fourth-order valence-corrected chi connectivity index (χ4v) is 2.28. The van der Waals surface area contributed by atoms with Crippen LogP contribution in [0.1, 0.15) is 5.56 Å². The maximum Gasteiger partial charge on any atom is 0.231 e. The molecule has 1 aliphatic heterocycles. The van der Waals surface area contributed by atoms with E-state index in [1.807, 2.05) is 30.3 Å². The first-order valence-electron chi connectivity index (χ1n) is 7.10. The predicted molar refractivity (Wildman–Crippen MR) is 98.7 cm³/mol. The molecule has 0 atom stereocenters. The summed E-state index contributed by atoms with van der Waals surface area (Å²) in [5, 5.41) is 6.85. The largest absolute Gasteiger partial charge is 0.454 e. The highest BCUT2D eigenvalue weighted by molar-refractivity contribution is 7.80. The Bertz CT molecular complexity index is 742. The van der Waals surface area contributed by atoms with E-state index < -0.39 is 0 Å². The number of ether oxygens (including phenoxy) is 2. The highest BCUT2D eigenvalue weighted by atomic mass is 32.1. The van der Waals surface area contributed by atoms with Crippen molar-refractivity contribution < 1.29 is 9.47 Å². The number of fused-ring (bicyclic) bond motifs is 1. The number of thiocarbonyl (C=S) groups is 2. The summed E-state index contributed by atoms with van der Waals surface area (Å²) in [6, 6.07) is 9.42. The highest BCUT2D eigenvalue weighted by Gasteiger charge is 2.13. The van der Waals surface area contributed by atoms with E-state index in [1.54, 1.807) is 12.4 Å². The zero-order chi connectivity index (χ0) is 16.8. The lowest BCUT2D eigenvalue weighted by atomic mass is 10.2. The Hall–Kier alpha value is -2.65. The molecule has 0 saturated heterocycles. The zero-order valence-corrected chi connectivity index (χ0v) is 14.2. The highest BCUT2D eigenvalue weighted by Crippen LogP contribution is 2.32. The van der Waals surface area contributed by atoms with Gasteiger partial charge in [0.25, 0.3) is 0 Å². The van der Waals surface area contributed by atoms with Gasteiger partial charge in [0.15, 0.2) is 21.7 Å². The monoisotopic (exact) mass is 361 g/mol. The summed E-state index contributed by atoms with van der Waals surface area (Å²) in [7, 11) is 0. The van der Waals surface area contributed by atoms with Crippen LogP contribution in [-0.4, -0.2) is 22.0 Å². The van der Waals surface area contributed by atoms with Gasteiger partial charge < -0.3 is 20.1 Å². The Labute approximate surface area is 149 Å². The average Bonchev–Trinajstić information content (AvgIpc) is 3.07. The minimum Gasteiger partial charge on any atom is -0.454 e. The van der Waals surface area contributed by atoms with Crippen LogP contribution < -0.4 is 31.0 Å². The molecular weight excluding hydrogens is 346 g/mol. The maximum atomic E-state index is 5.34.